The number of benzene rings is 2. The van der Waals surface area contributed by atoms with Crippen molar-refractivity contribution in [2.24, 2.45) is 0 Å². The van der Waals surface area contributed by atoms with E-state index in [4.69, 9.17) is 0 Å². The van der Waals surface area contributed by atoms with E-state index in [1.54, 1.807) is 0 Å². The fraction of sp³-hybridized carbons (Fsp3) is 0.130. The summed E-state index contributed by atoms with van der Waals surface area (Å²) in [7, 11) is 0. The summed E-state index contributed by atoms with van der Waals surface area (Å²) in [6.07, 6.45) is 0. The first-order valence-electron chi connectivity index (χ1n) is 7.46. The average Bonchev–Trinajstić information content (AvgIpc) is 3.11. The van der Waals surface area contributed by atoms with Crippen LogP contribution in [-0.4, -0.2) is 0 Å². The van der Waals surface area contributed by atoms with E-state index in [0.717, 1.165) is 0 Å². The van der Waals surface area contributed by atoms with Crippen molar-refractivity contribution in [3.63, 3.8) is 0 Å². The van der Waals surface area contributed by atoms with Crippen LogP contribution in [0.3, 0.4) is 0 Å². The second kappa shape index (κ2) is 7.62. The standard InChI is InChI=1S/C21H18.2CH3.Zr/c1-21(2,19-11-15-7-3-4-8-16(15)12-19)20-13-17-9-5-6-10-18(17)14-20;;;/h3-14H,1-2H3;2*1H3;/q-2;2*-1;+4. The van der Waals surface area contributed by atoms with Gasteiger partial charge in [0.15, 0.2) is 0 Å². The van der Waals surface area contributed by atoms with E-state index in [2.05, 4.69) is 86.6 Å². The molecule has 0 aromatic heterocycles. The third kappa shape index (κ3) is 3.33. The van der Waals surface area contributed by atoms with E-state index in [-0.39, 0.29) is 46.5 Å². The molecule has 4 aromatic rings. The Morgan fingerprint density at radius 3 is 1.42 bits per heavy atom. The molecule has 0 aliphatic heterocycles. The number of fused-ring (bicyclic) bond motifs is 2. The fourth-order valence-corrected chi connectivity index (χ4v) is 3.19. The third-order valence-electron chi connectivity index (χ3n) is 4.68. The van der Waals surface area contributed by atoms with Gasteiger partial charge in [-0.05, 0) is 5.41 Å². The van der Waals surface area contributed by atoms with Gasteiger partial charge < -0.3 is 14.9 Å². The van der Waals surface area contributed by atoms with Gasteiger partial charge in [0.2, 0.25) is 0 Å². The predicted molar refractivity (Wildman–Crippen MR) is 104 cm³/mol. The van der Waals surface area contributed by atoms with Crippen molar-refractivity contribution in [2.75, 3.05) is 0 Å². The van der Waals surface area contributed by atoms with Gasteiger partial charge in [0, 0.05) is 0 Å². The Hall–Kier alpha value is -1.46. The fourth-order valence-electron chi connectivity index (χ4n) is 3.19. The minimum Gasteiger partial charge on any atom is -0.358 e. The van der Waals surface area contributed by atoms with Crippen molar-refractivity contribution in [2.45, 2.75) is 19.3 Å². The zero-order chi connectivity index (χ0) is 14.4. The zero-order valence-corrected chi connectivity index (χ0v) is 17.4. The number of hydrogen-bond donors (Lipinski definition) is 0. The van der Waals surface area contributed by atoms with Crippen LogP contribution in [-0.2, 0) is 31.6 Å². The molecule has 0 heterocycles. The Bertz CT molecular complexity index is 779. The Morgan fingerprint density at radius 2 is 1.04 bits per heavy atom. The van der Waals surface area contributed by atoms with Gasteiger partial charge in [-0.15, -0.1) is 81.2 Å². The molecule has 0 atom stereocenters. The van der Waals surface area contributed by atoms with Crippen LogP contribution in [0, 0.1) is 14.9 Å². The maximum atomic E-state index is 2.33. The smallest absolute Gasteiger partial charge is 0.358 e. The molecule has 0 aliphatic carbocycles. The van der Waals surface area contributed by atoms with Crippen molar-refractivity contribution in [1.29, 1.82) is 0 Å². The maximum Gasteiger partial charge on any atom is 4.00 e. The van der Waals surface area contributed by atoms with Crippen LogP contribution >= 0.6 is 0 Å². The largest absolute Gasteiger partial charge is 4.00 e. The molecule has 0 amide bonds. The predicted octanol–water partition coefficient (Wildman–Crippen LogP) is 6.65. The summed E-state index contributed by atoms with van der Waals surface area (Å²) in [4.78, 5) is 0. The molecule has 0 saturated carbocycles. The van der Waals surface area contributed by atoms with Gasteiger partial charge in [0.05, 0.1) is 0 Å². The van der Waals surface area contributed by atoms with Gasteiger partial charge in [-0.1, -0.05) is 26.0 Å². The molecule has 0 unspecified atom stereocenters. The minimum absolute atomic E-state index is 0. The Labute approximate surface area is 165 Å². The van der Waals surface area contributed by atoms with Crippen LogP contribution in [0.5, 0.6) is 0 Å². The summed E-state index contributed by atoms with van der Waals surface area (Å²) < 4.78 is 0. The first kappa shape index (κ1) is 20.6. The van der Waals surface area contributed by atoms with Gasteiger partial charge >= 0.3 is 26.2 Å². The van der Waals surface area contributed by atoms with Crippen molar-refractivity contribution < 1.29 is 26.2 Å². The van der Waals surface area contributed by atoms with Crippen molar-refractivity contribution in [1.82, 2.24) is 0 Å². The molecule has 0 nitrogen and oxygen atoms in total. The normalized spacial score (nSPS) is 10.8. The molecule has 0 bridgehead atoms. The molecule has 0 saturated heterocycles. The zero-order valence-electron chi connectivity index (χ0n) is 14.9. The number of rotatable bonds is 2. The summed E-state index contributed by atoms with van der Waals surface area (Å²) in [6, 6.07) is 26.5. The van der Waals surface area contributed by atoms with Crippen molar-refractivity contribution >= 4 is 21.5 Å². The molecule has 1 heteroatoms. The van der Waals surface area contributed by atoms with Crippen molar-refractivity contribution in [3.8, 4) is 0 Å². The summed E-state index contributed by atoms with van der Waals surface area (Å²) in [5, 5.41) is 5.32. The second-order valence-corrected chi connectivity index (χ2v) is 6.37. The van der Waals surface area contributed by atoms with Crippen LogP contribution < -0.4 is 0 Å². The third-order valence-corrected chi connectivity index (χ3v) is 4.68. The molecule has 0 radical (unpaired) electrons. The summed E-state index contributed by atoms with van der Waals surface area (Å²) in [6.45, 7) is 4.63. The van der Waals surface area contributed by atoms with Gasteiger partial charge in [0.25, 0.3) is 0 Å². The van der Waals surface area contributed by atoms with Crippen LogP contribution in [0.1, 0.15) is 25.0 Å². The molecule has 120 valence electrons. The Morgan fingerprint density at radius 1 is 0.667 bits per heavy atom. The van der Waals surface area contributed by atoms with Gasteiger partial charge in [0.1, 0.15) is 0 Å². The Kier molecular flexibility index (Phi) is 6.54. The summed E-state index contributed by atoms with van der Waals surface area (Å²) in [5.41, 5.74) is 2.80. The van der Waals surface area contributed by atoms with E-state index in [0.29, 0.717) is 0 Å². The average molecular weight is 392 g/mol. The van der Waals surface area contributed by atoms with Crippen LogP contribution in [0.4, 0.5) is 0 Å². The van der Waals surface area contributed by atoms with Gasteiger partial charge in [-0.2, -0.15) is 12.1 Å². The van der Waals surface area contributed by atoms with Crippen LogP contribution in [0.2, 0.25) is 0 Å². The second-order valence-electron chi connectivity index (χ2n) is 6.37. The van der Waals surface area contributed by atoms with E-state index < -0.39 is 0 Å². The topological polar surface area (TPSA) is 0 Å². The molecule has 24 heavy (non-hydrogen) atoms. The first-order valence-corrected chi connectivity index (χ1v) is 7.46. The van der Waals surface area contributed by atoms with E-state index >= 15 is 0 Å². The SMILES string of the molecule is CC(C)(c1cc2ccccc2[cH-]1)c1cc2ccccc2[cH-]1.[CH3-].[CH3-].[Zr+4]. The van der Waals surface area contributed by atoms with E-state index in [1.807, 2.05) is 0 Å². The molecule has 4 rings (SSSR count). The van der Waals surface area contributed by atoms with Crippen LogP contribution in [0.15, 0.2) is 72.8 Å². The molecule has 0 aliphatic rings. The van der Waals surface area contributed by atoms with Crippen molar-refractivity contribution in [3.05, 3.63) is 98.8 Å². The molecular formula is C23H24Zr. The molecule has 0 fully saturated rings. The molecule has 4 aromatic carbocycles. The first-order chi connectivity index (χ1) is 10.1. The summed E-state index contributed by atoms with van der Waals surface area (Å²) >= 11 is 0. The maximum absolute atomic E-state index is 2.33. The molecule has 0 N–H and O–H groups in total. The minimum atomic E-state index is 0. The molecular weight excluding hydrogens is 367 g/mol. The van der Waals surface area contributed by atoms with Crippen LogP contribution in [0.25, 0.3) is 21.5 Å². The monoisotopic (exact) mass is 390 g/mol. The Balaban J connectivity index is 0.000000960. The number of hydrogen-bond acceptors (Lipinski definition) is 0. The summed E-state index contributed by atoms with van der Waals surface area (Å²) in [5.74, 6) is 0. The quantitative estimate of drug-likeness (QED) is 0.335. The van der Waals surface area contributed by atoms with E-state index in [1.165, 1.54) is 32.7 Å². The van der Waals surface area contributed by atoms with E-state index in [9.17, 15) is 0 Å². The van der Waals surface area contributed by atoms with Gasteiger partial charge in [-0.3, -0.25) is 0 Å². The van der Waals surface area contributed by atoms with Gasteiger partial charge in [-0.25, -0.2) is 0 Å². The molecule has 0 spiro atoms.